The number of ether oxygens (including phenoxy) is 1. The number of rotatable bonds is 3. The van der Waals surface area contributed by atoms with Gasteiger partial charge in [-0.1, -0.05) is 11.6 Å². The van der Waals surface area contributed by atoms with Crippen LogP contribution in [0.2, 0.25) is 5.02 Å². The molecular formula is C15H12ClF3N2O2. The Morgan fingerprint density at radius 3 is 2.30 bits per heavy atom. The third-order valence-corrected chi connectivity index (χ3v) is 3.22. The molecule has 2 N–H and O–H groups in total. The molecule has 0 aliphatic carbocycles. The Labute approximate surface area is 135 Å². The number of amides is 2. The number of urea groups is 1. The van der Waals surface area contributed by atoms with Crippen molar-refractivity contribution in [2.75, 3.05) is 17.7 Å². The lowest BCUT2D eigenvalue weighted by molar-refractivity contribution is -0.137. The smallest absolute Gasteiger partial charge is 0.416 e. The number of hydrogen-bond acceptors (Lipinski definition) is 2. The molecule has 0 spiro atoms. The Balaban J connectivity index is 2.10. The molecule has 0 aliphatic heterocycles. The van der Waals surface area contributed by atoms with Crippen molar-refractivity contribution in [2.45, 2.75) is 6.18 Å². The van der Waals surface area contributed by atoms with Gasteiger partial charge < -0.3 is 15.4 Å². The average molecular weight is 345 g/mol. The van der Waals surface area contributed by atoms with E-state index in [0.29, 0.717) is 11.4 Å². The van der Waals surface area contributed by atoms with Gasteiger partial charge in [-0.25, -0.2) is 4.79 Å². The van der Waals surface area contributed by atoms with E-state index in [-0.39, 0.29) is 10.7 Å². The summed E-state index contributed by atoms with van der Waals surface area (Å²) in [6.07, 6.45) is -4.52. The number of nitrogens with one attached hydrogen (secondary N) is 2. The van der Waals surface area contributed by atoms with Crippen LogP contribution in [0.1, 0.15) is 5.56 Å². The first-order valence-corrected chi connectivity index (χ1v) is 6.76. The largest absolute Gasteiger partial charge is 0.497 e. The van der Waals surface area contributed by atoms with Crippen LogP contribution in [0, 0.1) is 0 Å². The topological polar surface area (TPSA) is 50.4 Å². The lowest BCUT2D eigenvalue weighted by atomic mass is 10.2. The van der Waals surface area contributed by atoms with Crippen LogP contribution in [-0.2, 0) is 6.18 Å². The van der Waals surface area contributed by atoms with Crippen molar-refractivity contribution in [3.05, 3.63) is 53.1 Å². The van der Waals surface area contributed by atoms with Crippen LogP contribution in [0.25, 0.3) is 0 Å². The number of halogens is 4. The molecule has 2 amide bonds. The normalized spacial score (nSPS) is 11.0. The van der Waals surface area contributed by atoms with Crippen LogP contribution < -0.4 is 15.4 Å². The van der Waals surface area contributed by atoms with Crippen LogP contribution in [0.3, 0.4) is 0 Å². The SMILES string of the molecule is COc1ccc(NC(=O)Nc2cc(C(F)(F)F)ccc2Cl)cc1. The molecule has 2 aromatic carbocycles. The maximum absolute atomic E-state index is 12.7. The summed E-state index contributed by atoms with van der Waals surface area (Å²) in [4.78, 5) is 11.9. The van der Waals surface area contributed by atoms with Crippen molar-refractivity contribution in [3.8, 4) is 5.75 Å². The number of methoxy groups -OCH3 is 1. The van der Waals surface area contributed by atoms with Crippen LogP contribution in [0.4, 0.5) is 29.3 Å². The molecule has 0 saturated carbocycles. The zero-order valence-corrected chi connectivity index (χ0v) is 12.6. The Hall–Kier alpha value is -2.41. The van der Waals surface area contributed by atoms with Gasteiger partial charge in [0.05, 0.1) is 23.4 Å². The number of anilines is 2. The fourth-order valence-electron chi connectivity index (χ4n) is 1.76. The molecule has 8 heteroatoms. The minimum absolute atomic E-state index is 0.00267. The molecule has 0 bridgehead atoms. The van der Waals surface area contributed by atoms with Crippen molar-refractivity contribution in [1.29, 1.82) is 0 Å². The predicted molar refractivity (Wildman–Crippen MR) is 82.1 cm³/mol. The number of hydrogen-bond donors (Lipinski definition) is 2. The summed E-state index contributed by atoms with van der Waals surface area (Å²) >= 11 is 5.81. The molecule has 0 unspecified atom stereocenters. The van der Waals surface area contributed by atoms with Crippen LogP contribution in [0.5, 0.6) is 5.75 Å². The van der Waals surface area contributed by atoms with Crippen molar-refractivity contribution >= 4 is 29.0 Å². The lowest BCUT2D eigenvalue weighted by Crippen LogP contribution is -2.20. The van der Waals surface area contributed by atoms with E-state index < -0.39 is 17.8 Å². The van der Waals surface area contributed by atoms with Crippen molar-refractivity contribution in [3.63, 3.8) is 0 Å². The molecule has 2 rings (SSSR count). The van der Waals surface area contributed by atoms with E-state index in [1.54, 1.807) is 24.3 Å². The predicted octanol–water partition coefficient (Wildman–Crippen LogP) is 5.01. The minimum Gasteiger partial charge on any atom is -0.497 e. The number of alkyl halides is 3. The highest BCUT2D eigenvalue weighted by Crippen LogP contribution is 2.33. The Morgan fingerprint density at radius 1 is 1.09 bits per heavy atom. The molecule has 23 heavy (non-hydrogen) atoms. The van der Waals surface area contributed by atoms with E-state index >= 15 is 0 Å². The third kappa shape index (κ3) is 4.53. The summed E-state index contributed by atoms with van der Waals surface area (Å²) in [6, 6.07) is 8.42. The molecule has 122 valence electrons. The summed E-state index contributed by atoms with van der Waals surface area (Å²) in [5, 5.41) is 4.77. The first-order chi connectivity index (χ1) is 10.8. The van der Waals surface area contributed by atoms with Crippen LogP contribution in [0.15, 0.2) is 42.5 Å². The summed E-state index contributed by atoms with van der Waals surface area (Å²) in [6.45, 7) is 0. The number of carbonyl (C=O) groups excluding carboxylic acids is 1. The van der Waals surface area contributed by atoms with Gasteiger partial charge in [-0.2, -0.15) is 13.2 Å². The second-order valence-electron chi connectivity index (χ2n) is 4.50. The maximum atomic E-state index is 12.7. The van der Waals surface area contributed by atoms with E-state index in [9.17, 15) is 18.0 Å². The Morgan fingerprint density at radius 2 is 1.74 bits per heavy atom. The van der Waals surface area contributed by atoms with Gasteiger partial charge in [-0.15, -0.1) is 0 Å². The van der Waals surface area contributed by atoms with E-state index in [1.165, 1.54) is 7.11 Å². The highest BCUT2D eigenvalue weighted by atomic mass is 35.5. The van der Waals surface area contributed by atoms with Gasteiger partial charge in [-0.3, -0.25) is 0 Å². The van der Waals surface area contributed by atoms with Gasteiger partial charge in [0, 0.05) is 5.69 Å². The zero-order valence-electron chi connectivity index (χ0n) is 11.9. The second kappa shape index (κ2) is 6.78. The highest BCUT2D eigenvalue weighted by molar-refractivity contribution is 6.33. The lowest BCUT2D eigenvalue weighted by Gasteiger charge is -2.12. The summed E-state index contributed by atoms with van der Waals surface area (Å²) < 4.78 is 43.0. The van der Waals surface area contributed by atoms with Crippen molar-refractivity contribution in [2.24, 2.45) is 0 Å². The fourth-order valence-corrected chi connectivity index (χ4v) is 1.92. The summed E-state index contributed by atoms with van der Waals surface area (Å²) in [5.74, 6) is 0.608. The quantitative estimate of drug-likeness (QED) is 0.822. The zero-order chi connectivity index (χ0) is 17.0. The molecule has 0 aliphatic rings. The van der Waals surface area contributed by atoms with Crippen molar-refractivity contribution < 1.29 is 22.7 Å². The maximum Gasteiger partial charge on any atom is 0.416 e. The third-order valence-electron chi connectivity index (χ3n) is 2.89. The fraction of sp³-hybridized carbons (Fsp3) is 0.133. The molecule has 0 fully saturated rings. The van der Waals surface area contributed by atoms with Crippen LogP contribution in [-0.4, -0.2) is 13.1 Å². The minimum atomic E-state index is -4.52. The molecule has 2 aromatic rings. The molecule has 0 aromatic heterocycles. The second-order valence-corrected chi connectivity index (χ2v) is 4.91. The van der Waals surface area contributed by atoms with Gasteiger partial charge >= 0.3 is 12.2 Å². The van der Waals surface area contributed by atoms with Gasteiger partial charge in [0.2, 0.25) is 0 Å². The average Bonchev–Trinajstić information content (AvgIpc) is 2.49. The van der Waals surface area contributed by atoms with Gasteiger partial charge in [0.1, 0.15) is 5.75 Å². The number of carbonyl (C=O) groups is 1. The monoisotopic (exact) mass is 344 g/mol. The molecule has 0 atom stereocenters. The van der Waals surface area contributed by atoms with E-state index in [0.717, 1.165) is 18.2 Å². The standard InChI is InChI=1S/C15H12ClF3N2O2/c1-23-11-5-3-10(4-6-11)20-14(22)21-13-8-9(15(17,18)19)2-7-12(13)16/h2-8H,1H3,(H2,20,21,22). The molecule has 0 heterocycles. The van der Waals surface area contributed by atoms with E-state index in [1.807, 2.05) is 0 Å². The first-order valence-electron chi connectivity index (χ1n) is 6.38. The van der Waals surface area contributed by atoms with E-state index in [4.69, 9.17) is 16.3 Å². The molecular weight excluding hydrogens is 333 g/mol. The van der Waals surface area contributed by atoms with Crippen LogP contribution >= 0.6 is 11.6 Å². The summed E-state index contributed by atoms with van der Waals surface area (Å²) in [5.41, 5.74) is -0.583. The van der Waals surface area contributed by atoms with Gasteiger partial charge in [0.15, 0.2) is 0 Å². The molecule has 0 radical (unpaired) electrons. The van der Waals surface area contributed by atoms with Crippen molar-refractivity contribution in [1.82, 2.24) is 0 Å². The molecule has 0 saturated heterocycles. The Bertz CT molecular complexity index is 703. The molecule has 4 nitrogen and oxygen atoms in total. The van der Waals surface area contributed by atoms with Gasteiger partial charge in [0.25, 0.3) is 0 Å². The Kier molecular flexibility index (Phi) is 5.00. The summed E-state index contributed by atoms with van der Waals surface area (Å²) in [7, 11) is 1.50. The highest BCUT2D eigenvalue weighted by Gasteiger charge is 2.31. The number of benzene rings is 2. The van der Waals surface area contributed by atoms with Gasteiger partial charge in [-0.05, 0) is 42.5 Å². The van der Waals surface area contributed by atoms with E-state index in [2.05, 4.69) is 10.6 Å². The first kappa shape index (κ1) is 17.0.